The lowest BCUT2D eigenvalue weighted by Crippen LogP contribution is -2.05. The molecule has 0 unspecified atom stereocenters. The minimum Gasteiger partial charge on any atom is -0.255 e. The average molecular weight is 406 g/mol. The number of alkyl halides is 6. The number of pyridine rings is 1. The van der Waals surface area contributed by atoms with Gasteiger partial charge in [0.1, 0.15) is 0 Å². The zero-order chi connectivity index (χ0) is 21.2. The summed E-state index contributed by atoms with van der Waals surface area (Å²) in [4.78, 5) is 4.16. The first-order valence-corrected chi connectivity index (χ1v) is 8.31. The number of hydrogen-bond donors (Lipinski definition) is 0. The Labute approximate surface area is 162 Å². The molecule has 0 atom stereocenters. The van der Waals surface area contributed by atoms with Crippen LogP contribution >= 0.6 is 0 Å². The van der Waals surface area contributed by atoms with Gasteiger partial charge in [0.05, 0.1) is 29.3 Å². The first-order chi connectivity index (χ1) is 13.6. The molecule has 0 saturated carbocycles. The number of nitrogens with zero attached hydrogens (tertiary/aromatic N) is 2. The average Bonchev–Trinajstić information content (AvgIpc) is 2.67. The van der Waals surface area contributed by atoms with Gasteiger partial charge in [-0.15, -0.1) is 0 Å². The van der Waals surface area contributed by atoms with Crippen LogP contribution in [-0.2, 0) is 18.8 Å². The zero-order valence-electron chi connectivity index (χ0n) is 14.6. The van der Waals surface area contributed by atoms with E-state index in [1.165, 1.54) is 36.5 Å². The molecule has 0 aliphatic carbocycles. The molecule has 2 nitrogen and oxygen atoms in total. The van der Waals surface area contributed by atoms with Crippen molar-refractivity contribution in [2.75, 3.05) is 0 Å². The fraction of sp³-hybridized carbons (Fsp3) is 0.143. The third kappa shape index (κ3) is 4.57. The molecule has 3 rings (SSSR count). The normalized spacial score (nSPS) is 11.9. The molecule has 2 aromatic carbocycles. The van der Waals surface area contributed by atoms with Crippen LogP contribution in [-0.4, -0.2) is 4.98 Å². The standard InChI is InChI=1S/C21H12F6N2/c22-20(23,24)16-5-1-3-14(10-16)18-9-13(7-8-28)12-29-19(18)15-4-2-6-17(11-15)21(25,26)27/h1-6,9-12H,7H2. The summed E-state index contributed by atoms with van der Waals surface area (Å²) >= 11 is 0. The zero-order valence-corrected chi connectivity index (χ0v) is 14.6. The maximum Gasteiger partial charge on any atom is 0.416 e. The smallest absolute Gasteiger partial charge is 0.255 e. The molecule has 3 aromatic rings. The van der Waals surface area contributed by atoms with Gasteiger partial charge in [0.25, 0.3) is 0 Å². The van der Waals surface area contributed by atoms with Gasteiger partial charge >= 0.3 is 12.4 Å². The molecule has 0 spiro atoms. The van der Waals surface area contributed by atoms with E-state index in [0.717, 1.165) is 24.3 Å². The third-order valence-corrected chi connectivity index (χ3v) is 4.19. The molecule has 0 aliphatic heterocycles. The number of halogens is 6. The first kappa shape index (κ1) is 20.4. The summed E-state index contributed by atoms with van der Waals surface area (Å²) in [6, 6.07) is 12.2. The predicted octanol–water partition coefficient (Wildman–Crippen LogP) is 6.52. The molecule has 1 heterocycles. The SMILES string of the molecule is N#CCc1cnc(-c2cccc(C(F)(F)F)c2)c(-c2cccc(C(F)(F)F)c2)c1. The van der Waals surface area contributed by atoms with Crippen LogP contribution in [0.3, 0.4) is 0 Å². The Bertz CT molecular complexity index is 1080. The van der Waals surface area contributed by atoms with Crippen molar-refractivity contribution in [3.63, 3.8) is 0 Å². The lowest BCUT2D eigenvalue weighted by molar-refractivity contribution is -0.138. The van der Waals surface area contributed by atoms with E-state index in [0.29, 0.717) is 5.56 Å². The summed E-state index contributed by atoms with van der Waals surface area (Å²) in [5.41, 5.74) is -0.797. The molecular weight excluding hydrogens is 394 g/mol. The molecule has 0 fully saturated rings. The molecule has 0 radical (unpaired) electrons. The number of rotatable bonds is 3. The van der Waals surface area contributed by atoms with E-state index in [2.05, 4.69) is 4.98 Å². The van der Waals surface area contributed by atoms with E-state index in [4.69, 9.17) is 5.26 Å². The number of nitriles is 1. The van der Waals surface area contributed by atoms with Crippen molar-refractivity contribution in [1.29, 1.82) is 5.26 Å². The highest BCUT2D eigenvalue weighted by atomic mass is 19.4. The molecule has 29 heavy (non-hydrogen) atoms. The lowest BCUT2D eigenvalue weighted by Gasteiger charge is -2.14. The second kappa shape index (κ2) is 7.59. The molecular formula is C21H12F6N2. The summed E-state index contributed by atoms with van der Waals surface area (Å²) in [5.74, 6) is 0. The lowest BCUT2D eigenvalue weighted by atomic mass is 9.95. The van der Waals surface area contributed by atoms with Crippen molar-refractivity contribution in [3.8, 4) is 28.5 Å². The first-order valence-electron chi connectivity index (χ1n) is 8.31. The van der Waals surface area contributed by atoms with Gasteiger partial charge in [0, 0.05) is 17.3 Å². The minimum atomic E-state index is -4.58. The van der Waals surface area contributed by atoms with E-state index in [-0.39, 0.29) is 28.8 Å². The molecule has 8 heteroatoms. The van der Waals surface area contributed by atoms with Gasteiger partial charge in [-0.1, -0.05) is 24.3 Å². The van der Waals surface area contributed by atoms with Crippen molar-refractivity contribution in [2.45, 2.75) is 18.8 Å². The summed E-state index contributed by atoms with van der Waals surface area (Å²) in [6.07, 6.45) is -7.87. The van der Waals surface area contributed by atoms with Crippen molar-refractivity contribution in [3.05, 3.63) is 77.5 Å². The number of aromatic nitrogens is 1. The Balaban J connectivity index is 2.22. The monoisotopic (exact) mass is 406 g/mol. The van der Waals surface area contributed by atoms with Crippen molar-refractivity contribution < 1.29 is 26.3 Å². The third-order valence-electron chi connectivity index (χ3n) is 4.19. The highest BCUT2D eigenvalue weighted by Gasteiger charge is 2.32. The van der Waals surface area contributed by atoms with Crippen LogP contribution in [0.4, 0.5) is 26.3 Å². The Kier molecular flexibility index (Phi) is 5.33. The second-order valence-corrected chi connectivity index (χ2v) is 6.23. The molecule has 148 valence electrons. The maximum absolute atomic E-state index is 13.1. The molecule has 0 N–H and O–H groups in total. The summed E-state index contributed by atoms with van der Waals surface area (Å²) in [5, 5.41) is 8.89. The second-order valence-electron chi connectivity index (χ2n) is 6.23. The summed E-state index contributed by atoms with van der Waals surface area (Å²) in [6.45, 7) is 0. The van der Waals surface area contributed by atoms with E-state index < -0.39 is 23.5 Å². The maximum atomic E-state index is 13.1. The van der Waals surface area contributed by atoms with Gasteiger partial charge in [-0.2, -0.15) is 31.6 Å². The number of benzene rings is 2. The Morgan fingerprint density at radius 2 is 1.34 bits per heavy atom. The predicted molar refractivity (Wildman–Crippen MR) is 94.4 cm³/mol. The van der Waals surface area contributed by atoms with Crippen LogP contribution in [0.5, 0.6) is 0 Å². The van der Waals surface area contributed by atoms with E-state index in [1.807, 2.05) is 6.07 Å². The van der Waals surface area contributed by atoms with E-state index >= 15 is 0 Å². The van der Waals surface area contributed by atoms with Crippen LogP contribution in [0.25, 0.3) is 22.4 Å². The molecule has 0 saturated heterocycles. The van der Waals surface area contributed by atoms with Gasteiger partial charge in [-0.3, -0.25) is 4.98 Å². The van der Waals surface area contributed by atoms with Gasteiger partial charge in [0.15, 0.2) is 0 Å². The van der Waals surface area contributed by atoms with Crippen LogP contribution in [0.2, 0.25) is 0 Å². The van der Waals surface area contributed by atoms with Gasteiger partial charge in [-0.05, 0) is 41.5 Å². The van der Waals surface area contributed by atoms with Crippen molar-refractivity contribution >= 4 is 0 Å². The van der Waals surface area contributed by atoms with Crippen LogP contribution in [0.15, 0.2) is 60.8 Å². The van der Waals surface area contributed by atoms with Crippen molar-refractivity contribution in [1.82, 2.24) is 4.98 Å². The molecule has 0 bridgehead atoms. The highest BCUT2D eigenvalue weighted by Crippen LogP contribution is 2.37. The fourth-order valence-electron chi connectivity index (χ4n) is 2.85. The molecule has 0 aliphatic rings. The molecule has 0 amide bonds. The topological polar surface area (TPSA) is 36.7 Å². The van der Waals surface area contributed by atoms with Gasteiger partial charge in [0.2, 0.25) is 0 Å². The van der Waals surface area contributed by atoms with E-state index in [9.17, 15) is 26.3 Å². The fourth-order valence-corrected chi connectivity index (χ4v) is 2.85. The van der Waals surface area contributed by atoms with Crippen LogP contribution in [0, 0.1) is 11.3 Å². The Morgan fingerprint density at radius 1 is 0.793 bits per heavy atom. The Morgan fingerprint density at radius 3 is 1.90 bits per heavy atom. The highest BCUT2D eigenvalue weighted by molar-refractivity contribution is 5.81. The van der Waals surface area contributed by atoms with Crippen LogP contribution in [0.1, 0.15) is 16.7 Å². The van der Waals surface area contributed by atoms with Crippen molar-refractivity contribution in [2.24, 2.45) is 0 Å². The number of hydrogen-bond acceptors (Lipinski definition) is 2. The summed E-state index contributed by atoms with van der Waals surface area (Å²) < 4.78 is 78.5. The minimum absolute atomic E-state index is 0.0398. The van der Waals surface area contributed by atoms with Gasteiger partial charge < -0.3 is 0 Å². The van der Waals surface area contributed by atoms with Crippen LogP contribution < -0.4 is 0 Å². The Hall–Kier alpha value is -3.34. The van der Waals surface area contributed by atoms with E-state index in [1.54, 1.807) is 0 Å². The quantitative estimate of drug-likeness (QED) is 0.465. The summed E-state index contributed by atoms with van der Waals surface area (Å²) in [7, 11) is 0. The van der Waals surface area contributed by atoms with Gasteiger partial charge in [-0.25, -0.2) is 0 Å². The molecule has 1 aromatic heterocycles. The largest absolute Gasteiger partial charge is 0.416 e.